The van der Waals surface area contributed by atoms with Gasteiger partial charge in [0.15, 0.2) is 0 Å². The molecule has 0 aliphatic rings. The first-order valence-corrected chi connectivity index (χ1v) is 6.73. The number of rotatable bonds is 5. The molecular formula is C16H18N2O3. The molecule has 5 heteroatoms. The number of phenols is 1. The van der Waals surface area contributed by atoms with Gasteiger partial charge >= 0.3 is 6.09 Å². The van der Waals surface area contributed by atoms with Crippen molar-refractivity contribution < 1.29 is 14.6 Å². The van der Waals surface area contributed by atoms with Crippen molar-refractivity contribution in [3.05, 3.63) is 54.1 Å². The van der Waals surface area contributed by atoms with E-state index in [0.717, 1.165) is 11.3 Å². The van der Waals surface area contributed by atoms with Gasteiger partial charge in [-0.3, -0.25) is 5.32 Å². The SMILES string of the molecule is CCOC(=O)Nc1ccc(NCc2ccccc2O)cc1. The molecule has 0 aromatic heterocycles. The number of phenolic OH excluding ortho intramolecular Hbond substituents is 1. The molecule has 2 aromatic rings. The van der Waals surface area contributed by atoms with Gasteiger partial charge in [-0.05, 0) is 37.3 Å². The minimum Gasteiger partial charge on any atom is -0.508 e. The van der Waals surface area contributed by atoms with Crippen molar-refractivity contribution >= 4 is 17.5 Å². The van der Waals surface area contributed by atoms with Crippen molar-refractivity contribution in [3.63, 3.8) is 0 Å². The van der Waals surface area contributed by atoms with E-state index in [1.165, 1.54) is 0 Å². The van der Waals surface area contributed by atoms with Crippen molar-refractivity contribution in [2.75, 3.05) is 17.2 Å². The van der Waals surface area contributed by atoms with E-state index in [2.05, 4.69) is 10.6 Å². The van der Waals surface area contributed by atoms with Gasteiger partial charge in [0.2, 0.25) is 0 Å². The Balaban J connectivity index is 1.91. The van der Waals surface area contributed by atoms with Gasteiger partial charge in [-0.15, -0.1) is 0 Å². The van der Waals surface area contributed by atoms with Crippen LogP contribution in [0.1, 0.15) is 12.5 Å². The Morgan fingerprint density at radius 3 is 2.43 bits per heavy atom. The largest absolute Gasteiger partial charge is 0.508 e. The topological polar surface area (TPSA) is 70.6 Å². The van der Waals surface area contributed by atoms with E-state index in [1.807, 2.05) is 24.3 Å². The molecule has 110 valence electrons. The lowest BCUT2D eigenvalue weighted by Crippen LogP contribution is -2.13. The van der Waals surface area contributed by atoms with Crippen LogP contribution in [0.4, 0.5) is 16.2 Å². The third kappa shape index (κ3) is 4.42. The monoisotopic (exact) mass is 286 g/mol. The minimum absolute atomic E-state index is 0.269. The number of para-hydroxylation sites is 1. The Morgan fingerprint density at radius 2 is 1.76 bits per heavy atom. The standard InChI is InChI=1S/C16H18N2O3/c1-2-21-16(20)18-14-9-7-13(8-10-14)17-11-12-5-3-4-6-15(12)19/h3-10,17,19H,2,11H2,1H3,(H,18,20). The number of amides is 1. The third-order valence-electron chi connectivity index (χ3n) is 2.88. The maximum atomic E-state index is 11.3. The lowest BCUT2D eigenvalue weighted by atomic mass is 10.2. The van der Waals surface area contributed by atoms with Crippen LogP contribution in [0.25, 0.3) is 0 Å². The van der Waals surface area contributed by atoms with Crippen LogP contribution in [0.15, 0.2) is 48.5 Å². The van der Waals surface area contributed by atoms with Crippen molar-refractivity contribution in [2.45, 2.75) is 13.5 Å². The molecule has 0 spiro atoms. The van der Waals surface area contributed by atoms with E-state index in [-0.39, 0.29) is 5.75 Å². The van der Waals surface area contributed by atoms with E-state index < -0.39 is 6.09 Å². The molecule has 0 saturated carbocycles. The summed E-state index contributed by atoms with van der Waals surface area (Å²) in [6.07, 6.45) is -0.465. The lowest BCUT2D eigenvalue weighted by molar-refractivity contribution is 0.168. The van der Waals surface area contributed by atoms with Crippen LogP contribution >= 0.6 is 0 Å². The Kier molecular flexibility index (Phi) is 5.04. The zero-order chi connectivity index (χ0) is 15.1. The van der Waals surface area contributed by atoms with Gasteiger partial charge in [0.25, 0.3) is 0 Å². The fourth-order valence-corrected chi connectivity index (χ4v) is 1.81. The summed E-state index contributed by atoms with van der Waals surface area (Å²) < 4.78 is 4.80. The number of benzene rings is 2. The Labute approximate surface area is 123 Å². The smallest absolute Gasteiger partial charge is 0.411 e. The molecule has 2 aromatic carbocycles. The van der Waals surface area contributed by atoms with Gasteiger partial charge in [-0.2, -0.15) is 0 Å². The number of anilines is 2. The van der Waals surface area contributed by atoms with Crippen molar-refractivity contribution in [1.82, 2.24) is 0 Å². The lowest BCUT2D eigenvalue weighted by Gasteiger charge is -2.09. The molecule has 0 aliphatic carbocycles. The fourth-order valence-electron chi connectivity index (χ4n) is 1.81. The van der Waals surface area contributed by atoms with Crippen LogP contribution in [0.3, 0.4) is 0 Å². The fraction of sp³-hybridized carbons (Fsp3) is 0.188. The van der Waals surface area contributed by atoms with Crippen LogP contribution in [-0.4, -0.2) is 17.8 Å². The second-order valence-electron chi connectivity index (χ2n) is 4.41. The summed E-state index contributed by atoms with van der Waals surface area (Å²) in [5, 5.41) is 15.5. The quantitative estimate of drug-likeness (QED) is 0.785. The average molecular weight is 286 g/mol. The van der Waals surface area contributed by atoms with Gasteiger partial charge in [0.05, 0.1) is 6.61 Å². The first kappa shape index (κ1) is 14.7. The number of ether oxygens (including phenoxy) is 1. The van der Waals surface area contributed by atoms with Crippen LogP contribution in [0.5, 0.6) is 5.75 Å². The summed E-state index contributed by atoms with van der Waals surface area (Å²) in [6, 6.07) is 14.4. The second kappa shape index (κ2) is 7.19. The molecule has 0 unspecified atom stereocenters. The van der Waals surface area contributed by atoms with E-state index >= 15 is 0 Å². The predicted octanol–water partition coefficient (Wildman–Crippen LogP) is 3.57. The summed E-state index contributed by atoms with van der Waals surface area (Å²) in [5.74, 6) is 0.269. The average Bonchev–Trinajstić information content (AvgIpc) is 2.48. The number of carbonyl (C=O) groups is 1. The number of aromatic hydroxyl groups is 1. The highest BCUT2D eigenvalue weighted by Crippen LogP contribution is 2.19. The van der Waals surface area contributed by atoms with E-state index in [1.54, 1.807) is 31.2 Å². The molecule has 0 aliphatic heterocycles. The molecule has 0 fully saturated rings. The number of carbonyl (C=O) groups excluding carboxylic acids is 1. The minimum atomic E-state index is -0.465. The zero-order valence-electron chi connectivity index (χ0n) is 11.8. The molecule has 21 heavy (non-hydrogen) atoms. The molecule has 0 heterocycles. The third-order valence-corrected chi connectivity index (χ3v) is 2.88. The van der Waals surface area contributed by atoms with Gasteiger partial charge in [-0.1, -0.05) is 18.2 Å². The molecule has 0 bridgehead atoms. The summed E-state index contributed by atoms with van der Waals surface area (Å²) in [5.41, 5.74) is 2.39. The Morgan fingerprint density at radius 1 is 1.10 bits per heavy atom. The molecule has 1 amide bonds. The van der Waals surface area contributed by atoms with Gasteiger partial charge < -0.3 is 15.2 Å². The Bertz CT molecular complexity index is 597. The van der Waals surface area contributed by atoms with E-state index in [9.17, 15) is 9.90 Å². The molecule has 5 nitrogen and oxygen atoms in total. The summed E-state index contributed by atoms with van der Waals surface area (Å²) in [6.45, 7) is 2.62. The van der Waals surface area contributed by atoms with Crippen molar-refractivity contribution in [1.29, 1.82) is 0 Å². The highest BCUT2D eigenvalue weighted by molar-refractivity contribution is 5.84. The van der Waals surface area contributed by atoms with E-state index in [0.29, 0.717) is 18.8 Å². The normalized spacial score (nSPS) is 9.95. The molecule has 0 saturated heterocycles. The maximum absolute atomic E-state index is 11.3. The maximum Gasteiger partial charge on any atom is 0.411 e. The summed E-state index contributed by atoms with van der Waals surface area (Å²) >= 11 is 0. The molecular weight excluding hydrogens is 268 g/mol. The number of nitrogens with one attached hydrogen (secondary N) is 2. The highest BCUT2D eigenvalue weighted by Gasteiger charge is 2.02. The predicted molar refractivity (Wildman–Crippen MR) is 82.5 cm³/mol. The van der Waals surface area contributed by atoms with Crippen molar-refractivity contribution in [2.24, 2.45) is 0 Å². The first-order valence-electron chi connectivity index (χ1n) is 6.73. The van der Waals surface area contributed by atoms with Crippen LogP contribution < -0.4 is 10.6 Å². The van der Waals surface area contributed by atoms with Crippen LogP contribution in [0, 0.1) is 0 Å². The van der Waals surface area contributed by atoms with Crippen LogP contribution in [0.2, 0.25) is 0 Å². The molecule has 0 atom stereocenters. The molecule has 0 radical (unpaired) electrons. The number of hydrogen-bond donors (Lipinski definition) is 3. The molecule has 3 N–H and O–H groups in total. The number of hydrogen-bond acceptors (Lipinski definition) is 4. The van der Waals surface area contributed by atoms with Crippen molar-refractivity contribution in [3.8, 4) is 5.75 Å². The Hall–Kier alpha value is -2.69. The summed E-state index contributed by atoms with van der Waals surface area (Å²) in [7, 11) is 0. The zero-order valence-corrected chi connectivity index (χ0v) is 11.8. The summed E-state index contributed by atoms with van der Waals surface area (Å²) in [4.78, 5) is 11.3. The van der Waals surface area contributed by atoms with Gasteiger partial charge in [0.1, 0.15) is 5.75 Å². The van der Waals surface area contributed by atoms with Gasteiger partial charge in [0, 0.05) is 23.5 Å². The first-order chi connectivity index (χ1) is 10.2. The van der Waals surface area contributed by atoms with Gasteiger partial charge in [-0.25, -0.2) is 4.79 Å². The highest BCUT2D eigenvalue weighted by atomic mass is 16.5. The second-order valence-corrected chi connectivity index (χ2v) is 4.41. The van der Waals surface area contributed by atoms with Crippen LogP contribution in [-0.2, 0) is 11.3 Å². The molecule has 2 rings (SSSR count). The van der Waals surface area contributed by atoms with E-state index in [4.69, 9.17) is 4.74 Å².